The van der Waals surface area contributed by atoms with Crippen LogP contribution in [-0.2, 0) is 13.2 Å². The highest BCUT2D eigenvalue weighted by Gasteiger charge is 2.12. The summed E-state index contributed by atoms with van der Waals surface area (Å²) in [6.07, 6.45) is 0.932. The SMILES string of the molecule is CCC(NCc1cccc(CO)c1)c1ccc(Cl)cc1Cl. The second-order valence-corrected chi connectivity index (χ2v) is 5.83. The number of halogens is 2. The highest BCUT2D eigenvalue weighted by molar-refractivity contribution is 6.35. The van der Waals surface area contributed by atoms with Gasteiger partial charge >= 0.3 is 0 Å². The Kier molecular flexibility index (Phi) is 6.07. The number of benzene rings is 2. The van der Waals surface area contributed by atoms with E-state index in [1.165, 1.54) is 0 Å². The number of hydrogen-bond donors (Lipinski definition) is 2. The first-order chi connectivity index (χ1) is 10.1. The molecule has 4 heteroatoms. The summed E-state index contributed by atoms with van der Waals surface area (Å²) in [7, 11) is 0. The molecule has 2 aromatic carbocycles. The van der Waals surface area contributed by atoms with E-state index in [1.54, 1.807) is 6.07 Å². The van der Waals surface area contributed by atoms with Gasteiger partial charge in [-0.05, 0) is 35.2 Å². The van der Waals surface area contributed by atoms with Crippen LogP contribution in [0, 0.1) is 0 Å². The molecule has 0 saturated heterocycles. The third-order valence-electron chi connectivity index (χ3n) is 3.47. The van der Waals surface area contributed by atoms with E-state index in [9.17, 15) is 5.11 Å². The Labute approximate surface area is 135 Å². The molecule has 0 heterocycles. The molecule has 21 heavy (non-hydrogen) atoms. The van der Waals surface area contributed by atoms with Gasteiger partial charge in [0.05, 0.1) is 6.61 Å². The van der Waals surface area contributed by atoms with Crippen molar-refractivity contribution < 1.29 is 5.11 Å². The van der Waals surface area contributed by atoms with Gasteiger partial charge in [0.2, 0.25) is 0 Å². The number of hydrogen-bond acceptors (Lipinski definition) is 2. The van der Waals surface area contributed by atoms with Gasteiger partial charge in [-0.2, -0.15) is 0 Å². The molecule has 1 atom stereocenters. The second-order valence-electron chi connectivity index (χ2n) is 4.99. The highest BCUT2D eigenvalue weighted by Crippen LogP contribution is 2.28. The zero-order chi connectivity index (χ0) is 15.2. The van der Waals surface area contributed by atoms with Crippen molar-refractivity contribution in [2.75, 3.05) is 0 Å². The van der Waals surface area contributed by atoms with E-state index < -0.39 is 0 Å². The zero-order valence-electron chi connectivity index (χ0n) is 11.9. The molecule has 0 spiro atoms. The first-order valence-corrected chi connectivity index (χ1v) is 7.76. The van der Waals surface area contributed by atoms with E-state index in [0.717, 1.165) is 29.7 Å². The lowest BCUT2D eigenvalue weighted by Crippen LogP contribution is -2.20. The maximum Gasteiger partial charge on any atom is 0.0681 e. The molecule has 112 valence electrons. The van der Waals surface area contributed by atoms with Crippen molar-refractivity contribution in [1.29, 1.82) is 0 Å². The van der Waals surface area contributed by atoms with Gasteiger partial charge in [0.15, 0.2) is 0 Å². The van der Waals surface area contributed by atoms with Gasteiger partial charge < -0.3 is 10.4 Å². The summed E-state index contributed by atoms with van der Waals surface area (Å²) in [6, 6.07) is 13.7. The number of aliphatic hydroxyl groups excluding tert-OH is 1. The van der Waals surface area contributed by atoms with Gasteiger partial charge in [-0.15, -0.1) is 0 Å². The number of nitrogens with one attached hydrogen (secondary N) is 1. The molecule has 2 N–H and O–H groups in total. The van der Waals surface area contributed by atoms with Crippen LogP contribution in [0.25, 0.3) is 0 Å². The topological polar surface area (TPSA) is 32.3 Å². The lowest BCUT2D eigenvalue weighted by atomic mass is 10.0. The van der Waals surface area contributed by atoms with E-state index in [2.05, 4.69) is 12.2 Å². The van der Waals surface area contributed by atoms with E-state index >= 15 is 0 Å². The van der Waals surface area contributed by atoms with Crippen molar-refractivity contribution in [1.82, 2.24) is 5.32 Å². The predicted octanol–water partition coefficient (Wildman–Crippen LogP) is 4.73. The summed E-state index contributed by atoms with van der Waals surface area (Å²) in [4.78, 5) is 0. The minimum Gasteiger partial charge on any atom is -0.392 e. The van der Waals surface area contributed by atoms with Gasteiger partial charge in [-0.1, -0.05) is 60.5 Å². The summed E-state index contributed by atoms with van der Waals surface area (Å²) in [6.45, 7) is 2.91. The molecule has 2 rings (SSSR count). The minimum atomic E-state index is 0.0636. The van der Waals surface area contributed by atoms with Crippen LogP contribution in [0.1, 0.15) is 36.1 Å². The van der Waals surface area contributed by atoms with Gasteiger partial charge in [0.25, 0.3) is 0 Å². The van der Waals surface area contributed by atoms with Crippen molar-refractivity contribution in [3.8, 4) is 0 Å². The lowest BCUT2D eigenvalue weighted by Gasteiger charge is -2.19. The quantitative estimate of drug-likeness (QED) is 0.805. The smallest absolute Gasteiger partial charge is 0.0681 e. The van der Waals surface area contributed by atoms with Crippen LogP contribution in [0.5, 0.6) is 0 Å². The third kappa shape index (κ3) is 4.45. The molecule has 0 amide bonds. The van der Waals surface area contributed by atoms with Crippen molar-refractivity contribution in [2.45, 2.75) is 32.5 Å². The summed E-state index contributed by atoms with van der Waals surface area (Å²) in [5.74, 6) is 0. The molecule has 0 saturated carbocycles. The zero-order valence-corrected chi connectivity index (χ0v) is 13.5. The second kappa shape index (κ2) is 7.81. The van der Waals surface area contributed by atoms with Crippen LogP contribution < -0.4 is 5.32 Å². The fourth-order valence-corrected chi connectivity index (χ4v) is 2.88. The van der Waals surface area contributed by atoms with E-state index in [1.807, 2.05) is 36.4 Å². The number of aliphatic hydroxyl groups is 1. The van der Waals surface area contributed by atoms with Crippen LogP contribution >= 0.6 is 23.2 Å². The van der Waals surface area contributed by atoms with Gasteiger partial charge in [0.1, 0.15) is 0 Å². The average Bonchev–Trinajstić information content (AvgIpc) is 2.49. The molecule has 2 aromatic rings. The summed E-state index contributed by atoms with van der Waals surface area (Å²) >= 11 is 12.2. The van der Waals surface area contributed by atoms with Crippen molar-refractivity contribution in [3.63, 3.8) is 0 Å². The maximum atomic E-state index is 9.18. The van der Waals surface area contributed by atoms with Crippen LogP contribution in [0.15, 0.2) is 42.5 Å². The Morgan fingerprint density at radius 3 is 2.52 bits per heavy atom. The maximum absolute atomic E-state index is 9.18. The Morgan fingerprint density at radius 1 is 1.10 bits per heavy atom. The molecule has 1 unspecified atom stereocenters. The third-order valence-corrected chi connectivity index (χ3v) is 4.04. The fourth-order valence-electron chi connectivity index (χ4n) is 2.34. The van der Waals surface area contributed by atoms with E-state index in [-0.39, 0.29) is 12.6 Å². The number of rotatable bonds is 6. The Hall–Kier alpha value is -1.06. The first-order valence-electron chi connectivity index (χ1n) is 7.01. The largest absolute Gasteiger partial charge is 0.392 e. The molecule has 0 aliphatic carbocycles. The van der Waals surface area contributed by atoms with E-state index in [0.29, 0.717) is 10.0 Å². The van der Waals surface area contributed by atoms with Gasteiger partial charge in [-0.3, -0.25) is 0 Å². The molecular formula is C17H19Cl2NO. The van der Waals surface area contributed by atoms with Crippen molar-refractivity contribution >= 4 is 23.2 Å². The molecule has 0 radical (unpaired) electrons. The molecule has 0 aliphatic heterocycles. The van der Waals surface area contributed by atoms with Gasteiger partial charge in [-0.25, -0.2) is 0 Å². The lowest BCUT2D eigenvalue weighted by molar-refractivity contribution is 0.281. The Bertz CT molecular complexity index is 601. The molecule has 0 bridgehead atoms. The molecule has 2 nitrogen and oxygen atoms in total. The van der Waals surface area contributed by atoms with Crippen LogP contribution in [-0.4, -0.2) is 5.11 Å². The standard InChI is InChI=1S/C17H19Cl2NO/c1-2-17(15-7-6-14(18)9-16(15)19)20-10-12-4-3-5-13(8-12)11-21/h3-9,17,20-21H,2,10-11H2,1H3. The van der Waals surface area contributed by atoms with Gasteiger partial charge in [0, 0.05) is 22.6 Å². The average molecular weight is 324 g/mol. The van der Waals surface area contributed by atoms with Crippen molar-refractivity contribution in [2.24, 2.45) is 0 Å². The van der Waals surface area contributed by atoms with E-state index in [4.69, 9.17) is 23.2 Å². The van der Waals surface area contributed by atoms with Crippen molar-refractivity contribution in [3.05, 3.63) is 69.2 Å². The molecule has 0 fully saturated rings. The molecular weight excluding hydrogens is 305 g/mol. The minimum absolute atomic E-state index is 0.0636. The highest BCUT2D eigenvalue weighted by atomic mass is 35.5. The molecule has 0 aromatic heterocycles. The van der Waals surface area contributed by atoms with Crippen LogP contribution in [0.4, 0.5) is 0 Å². The summed E-state index contributed by atoms with van der Waals surface area (Å²) in [5.41, 5.74) is 3.12. The summed E-state index contributed by atoms with van der Waals surface area (Å²) in [5, 5.41) is 14.0. The first kappa shape index (κ1) is 16.3. The Balaban J connectivity index is 2.08. The normalized spacial score (nSPS) is 12.4. The Morgan fingerprint density at radius 2 is 1.86 bits per heavy atom. The van der Waals surface area contributed by atoms with Crippen LogP contribution in [0.2, 0.25) is 10.0 Å². The predicted molar refractivity (Wildman–Crippen MR) is 88.7 cm³/mol. The fraction of sp³-hybridized carbons (Fsp3) is 0.294. The molecule has 0 aliphatic rings. The summed E-state index contributed by atoms with van der Waals surface area (Å²) < 4.78 is 0. The van der Waals surface area contributed by atoms with Crippen LogP contribution in [0.3, 0.4) is 0 Å². The monoisotopic (exact) mass is 323 g/mol.